The molecule has 15 heavy (non-hydrogen) atoms. The summed E-state index contributed by atoms with van der Waals surface area (Å²) in [5.41, 5.74) is 2.12. The van der Waals surface area contributed by atoms with Gasteiger partial charge in [-0.05, 0) is 5.46 Å². The van der Waals surface area contributed by atoms with E-state index in [9.17, 15) is 0 Å². The predicted octanol–water partition coefficient (Wildman–Crippen LogP) is -0.177. The Morgan fingerprint density at radius 3 is 2.27 bits per heavy atom. The van der Waals surface area contributed by atoms with Crippen LogP contribution >= 0.6 is 0 Å². The van der Waals surface area contributed by atoms with Crippen LogP contribution in [0.4, 0.5) is 0 Å². The van der Waals surface area contributed by atoms with E-state index >= 15 is 0 Å². The number of hydrogen-bond acceptors (Lipinski definition) is 4. The maximum absolute atomic E-state index is 8.91. The second-order valence-electron chi connectivity index (χ2n) is 3.09. The predicted molar refractivity (Wildman–Crippen MR) is 57.3 cm³/mol. The molecular formula is C10H9BN2O2. The van der Waals surface area contributed by atoms with Gasteiger partial charge in [0.05, 0.1) is 11.9 Å². The Hall–Kier alpha value is -1.72. The maximum atomic E-state index is 8.91. The lowest BCUT2D eigenvalue weighted by Gasteiger charge is -2.02. The molecule has 0 spiro atoms. The zero-order chi connectivity index (χ0) is 10.7. The zero-order valence-electron chi connectivity index (χ0n) is 7.91. The van der Waals surface area contributed by atoms with Gasteiger partial charge < -0.3 is 10.0 Å². The molecule has 0 aliphatic carbocycles. The van der Waals surface area contributed by atoms with Crippen molar-refractivity contribution in [2.45, 2.75) is 0 Å². The number of nitrogens with zero attached hydrogens (tertiary/aromatic N) is 2. The van der Waals surface area contributed by atoms with Crippen LogP contribution in [0.2, 0.25) is 0 Å². The molecule has 4 nitrogen and oxygen atoms in total. The van der Waals surface area contributed by atoms with Crippen LogP contribution < -0.4 is 5.46 Å². The van der Waals surface area contributed by atoms with Gasteiger partial charge in [-0.3, -0.25) is 9.97 Å². The molecule has 1 aromatic carbocycles. The molecule has 0 fully saturated rings. The zero-order valence-corrected chi connectivity index (χ0v) is 7.91. The first-order valence-corrected chi connectivity index (χ1v) is 4.50. The molecule has 0 aliphatic heterocycles. The van der Waals surface area contributed by atoms with Crippen LogP contribution in [-0.2, 0) is 0 Å². The summed E-state index contributed by atoms with van der Waals surface area (Å²) < 4.78 is 0. The lowest BCUT2D eigenvalue weighted by atomic mass is 9.80. The molecule has 2 N–H and O–H groups in total. The second-order valence-corrected chi connectivity index (χ2v) is 3.09. The molecule has 0 atom stereocenters. The molecule has 0 saturated carbocycles. The average molecular weight is 200 g/mol. The minimum absolute atomic E-state index is 0.461. The number of benzene rings is 1. The molecule has 74 valence electrons. The first-order valence-electron chi connectivity index (χ1n) is 4.50. The Bertz CT molecular complexity index is 431. The third kappa shape index (κ3) is 2.20. The summed E-state index contributed by atoms with van der Waals surface area (Å²) in [6.45, 7) is 0. The van der Waals surface area contributed by atoms with Gasteiger partial charge in [-0.1, -0.05) is 24.3 Å². The van der Waals surface area contributed by atoms with Gasteiger partial charge in [-0.2, -0.15) is 0 Å². The summed E-state index contributed by atoms with van der Waals surface area (Å²) in [5.74, 6) is 0. The Balaban J connectivity index is 2.32. The quantitative estimate of drug-likeness (QED) is 0.660. The van der Waals surface area contributed by atoms with Crippen LogP contribution in [0.5, 0.6) is 0 Å². The van der Waals surface area contributed by atoms with Crippen molar-refractivity contribution in [3.05, 3.63) is 42.9 Å². The third-order valence-corrected chi connectivity index (χ3v) is 2.07. The molecule has 0 saturated heterocycles. The molecule has 0 aliphatic rings. The van der Waals surface area contributed by atoms with Crippen LogP contribution in [-0.4, -0.2) is 27.1 Å². The van der Waals surface area contributed by atoms with Crippen LogP contribution in [0, 0.1) is 0 Å². The maximum Gasteiger partial charge on any atom is 0.488 e. The smallest absolute Gasteiger partial charge is 0.423 e. The molecule has 2 rings (SSSR count). The fourth-order valence-electron chi connectivity index (χ4n) is 1.27. The fourth-order valence-corrected chi connectivity index (χ4v) is 1.27. The molecule has 5 heteroatoms. The van der Waals surface area contributed by atoms with Crippen LogP contribution in [0.15, 0.2) is 42.9 Å². The SMILES string of the molecule is OB(O)c1ccc(-c2cnccn2)cc1. The van der Waals surface area contributed by atoms with E-state index in [1.807, 2.05) is 0 Å². The van der Waals surface area contributed by atoms with E-state index in [-0.39, 0.29) is 0 Å². The van der Waals surface area contributed by atoms with E-state index in [4.69, 9.17) is 10.0 Å². The molecule has 0 bridgehead atoms. The number of rotatable bonds is 2. The highest BCUT2D eigenvalue weighted by Crippen LogP contribution is 2.12. The lowest BCUT2D eigenvalue weighted by Crippen LogP contribution is -2.29. The Morgan fingerprint density at radius 2 is 1.73 bits per heavy atom. The highest BCUT2D eigenvalue weighted by molar-refractivity contribution is 6.58. The van der Waals surface area contributed by atoms with Gasteiger partial charge in [0, 0.05) is 18.0 Å². The molecule has 0 radical (unpaired) electrons. The van der Waals surface area contributed by atoms with Crippen molar-refractivity contribution in [3.63, 3.8) is 0 Å². The Morgan fingerprint density at radius 1 is 1.00 bits per heavy atom. The van der Waals surface area contributed by atoms with Gasteiger partial charge in [0.25, 0.3) is 0 Å². The fraction of sp³-hybridized carbons (Fsp3) is 0. The largest absolute Gasteiger partial charge is 0.488 e. The van der Waals surface area contributed by atoms with Gasteiger partial charge in [0.15, 0.2) is 0 Å². The summed E-state index contributed by atoms with van der Waals surface area (Å²) in [6, 6.07) is 6.85. The molecule has 0 amide bonds. The topological polar surface area (TPSA) is 66.2 Å². The van der Waals surface area contributed by atoms with E-state index in [0.717, 1.165) is 11.3 Å². The van der Waals surface area contributed by atoms with Crippen molar-refractivity contribution < 1.29 is 10.0 Å². The molecule has 1 aromatic heterocycles. The van der Waals surface area contributed by atoms with Crippen molar-refractivity contribution in [2.24, 2.45) is 0 Å². The van der Waals surface area contributed by atoms with Gasteiger partial charge in [-0.25, -0.2) is 0 Å². The minimum Gasteiger partial charge on any atom is -0.423 e. The van der Waals surface area contributed by atoms with E-state index in [1.54, 1.807) is 42.9 Å². The molecule has 0 unspecified atom stereocenters. The summed E-state index contributed by atoms with van der Waals surface area (Å²) in [6.07, 6.45) is 4.88. The van der Waals surface area contributed by atoms with Gasteiger partial charge >= 0.3 is 7.12 Å². The highest BCUT2D eigenvalue weighted by atomic mass is 16.4. The van der Waals surface area contributed by atoms with E-state index in [1.165, 1.54) is 0 Å². The first-order chi connectivity index (χ1) is 7.27. The van der Waals surface area contributed by atoms with Gasteiger partial charge in [0.1, 0.15) is 0 Å². The summed E-state index contributed by atoms with van der Waals surface area (Å²) in [5, 5.41) is 17.8. The Labute approximate surface area is 87.4 Å². The van der Waals surface area contributed by atoms with Crippen molar-refractivity contribution >= 4 is 12.6 Å². The van der Waals surface area contributed by atoms with E-state index in [2.05, 4.69) is 9.97 Å². The molecular weight excluding hydrogens is 191 g/mol. The monoisotopic (exact) mass is 200 g/mol. The van der Waals surface area contributed by atoms with E-state index < -0.39 is 7.12 Å². The van der Waals surface area contributed by atoms with Gasteiger partial charge in [-0.15, -0.1) is 0 Å². The standard InChI is InChI=1S/C10H9BN2O2/c14-11(15)9-3-1-8(2-4-9)10-7-12-5-6-13-10/h1-7,14-15H. The molecule has 1 heterocycles. The highest BCUT2D eigenvalue weighted by Gasteiger charge is 2.10. The van der Waals surface area contributed by atoms with Crippen molar-refractivity contribution in [3.8, 4) is 11.3 Å². The normalized spacial score (nSPS) is 10.0. The van der Waals surface area contributed by atoms with Crippen molar-refractivity contribution in [1.82, 2.24) is 9.97 Å². The Kier molecular flexibility index (Phi) is 2.76. The van der Waals surface area contributed by atoms with Crippen LogP contribution in [0.3, 0.4) is 0 Å². The second kappa shape index (κ2) is 4.21. The first kappa shape index (κ1) is 9.83. The van der Waals surface area contributed by atoms with Crippen molar-refractivity contribution in [1.29, 1.82) is 0 Å². The van der Waals surface area contributed by atoms with Crippen LogP contribution in [0.1, 0.15) is 0 Å². The number of aromatic nitrogens is 2. The lowest BCUT2D eigenvalue weighted by molar-refractivity contribution is 0.426. The summed E-state index contributed by atoms with van der Waals surface area (Å²) in [7, 11) is -1.43. The van der Waals surface area contributed by atoms with Crippen LogP contribution in [0.25, 0.3) is 11.3 Å². The van der Waals surface area contributed by atoms with E-state index in [0.29, 0.717) is 5.46 Å². The van der Waals surface area contributed by atoms with Crippen molar-refractivity contribution in [2.75, 3.05) is 0 Å². The van der Waals surface area contributed by atoms with Gasteiger partial charge in [0.2, 0.25) is 0 Å². The summed E-state index contributed by atoms with van der Waals surface area (Å²) >= 11 is 0. The average Bonchev–Trinajstić information content (AvgIpc) is 2.30. The molecule has 2 aromatic rings. The summed E-state index contributed by atoms with van der Waals surface area (Å²) in [4.78, 5) is 8.09. The number of hydrogen-bond donors (Lipinski definition) is 2. The third-order valence-electron chi connectivity index (χ3n) is 2.07. The minimum atomic E-state index is -1.43.